The molecular weight excluding hydrogens is 372 g/mol. The predicted octanol–water partition coefficient (Wildman–Crippen LogP) is 1.66. The number of hydrogen-bond acceptors (Lipinski definition) is 5. The number of hydrogen-bond donors (Lipinski definition) is 2. The molecule has 2 N–H and O–H groups in total. The van der Waals surface area contributed by atoms with Crippen molar-refractivity contribution in [3.8, 4) is 0 Å². The fourth-order valence-corrected chi connectivity index (χ4v) is 8.59. The van der Waals surface area contributed by atoms with Crippen molar-refractivity contribution in [2.75, 3.05) is 13.7 Å². The van der Waals surface area contributed by atoms with Crippen molar-refractivity contribution in [1.82, 2.24) is 0 Å². The van der Waals surface area contributed by atoms with E-state index < -0.39 is 32.9 Å². The van der Waals surface area contributed by atoms with Gasteiger partial charge in [0.1, 0.15) is 18.3 Å². The van der Waals surface area contributed by atoms with Crippen LogP contribution < -0.4 is 10.4 Å². The zero-order valence-corrected chi connectivity index (χ0v) is 17.9. The molecule has 4 atom stereocenters. The molecular formula is C22H30O5Si. The summed E-state index contributed by atoms with van der Waals surface area (Å²) in [6, 6.07) is 20.6. The second-order valence-electron chi connectivity index (χ2n) is 8.23. The number of ether oxygens (including phenoxy) is 2. The predicted molar refractivity (Wildman–Crippen MR) is 111 cm³/mol. The fraction of sp³-hybridized carbons (Fsp3) is 0.455. The van der Waals surface area contributed by atoms with Gasteiger partial charge in [-0.15, -0.1) is 0 Å². The Bertz CT molecular complexity index is 707. The molecule has 0 amide bonds. The molecule has 1 heterocycles. The van der Waals surface area contributed by atoms with Crippen LogP contribution in [0.15, 0.2) is 60.7 Å². The first-order valence-electron chi connectivity index (χ1n) is 9.60. The maximum absolute atomic E-state index is 10.4. The highest BCUT2D eigenvalue weighted by Gasteiger charge is 2.52. The zero-order chi connectivity index (χ0) is 20.4. The lowest BCUT2D eigenvalue weighted by atomic mass is 10.1. The van der Waals surface area contributed by atoms with Crippen LogP contribution in [-0.2, 0) is 13.9 Å². The molecule has 0 radical (unpaired) electrons. The summed E-state index contributed by atoms with van der Waals surface area (Å²) in [6.45, 7) is 6.75. The highest BCUT2D eigenvalue weighted by atomic mass is 28.4. The standard InChI is InChI=1S/C22H30O5Si/c1-22(2,3)28(16-11-7-5-8-12-16,17-13-9-6-10-14-17)26-15-18-19(23)20(24)21(25-4)27-18/h5-14,18-21,23-24H,15H2,1-4H3/t18-,19?,20+,21+/m1/s1. The Hall–Kier alpha value is -1.54. The summed E-state index contributed by atoms with van der Waals surface area (Å²) in [4.78, 5) is 0. The Balaban J connectivity index is 2.00. The smallest absolute Gasteiger partial charge is 0.261 e. The average Bonchev–Trinajstić information content (AvgIpc) is 2.97. The van der Waals surface area contributed by atoms with E-state index in [-0.39, 0.29) is 11.6 Å². The highest BCUT2D eigenvalue weighted by molar-refractivity contribution is 6.99. The van der Waals surface area contributed by atoms with Gasteiger partial charge in [-0.1, -0.05) is 81.4 Å². The van der Waals surface area contributed by atoms with E-state index in [1.165, 1.54) is 7.11 Å². The normalized spacial score (nSPS) is 25.8. The van der Waals surface area contributed by atoms with Gasteiger partial charge in [-0.25, -0.2) is 0 Å². The first kappa shape index (κ1) is 21.2. The molecule has 152 valence electrons. The van der Waals surface area contributed by atoms with Crippen LogP contribution in [0, 0.1) is 0 Å². The van der Waals surface area contributed by atoms with E-state index in [4.69, 9.17) is 13.9 Å². The zero-order valence-electron chi connectivity index (χ0n) is 16.9. The minimum Gasteiger partial charge on any atom is -0.405 e. The molecule has 0 saturated carbocycles. The molecule has 6 heteroatoms. The molecule has 1 saturated heterocycles. The van der Waals surface area contributed by atoms with Gasteiger partial charge in [0.25, 0.3) is 8.32 Å². The Morgan fingerprint density at radius 3 is 1.79 bits per heavy atom. The summed E-state index contributed by atoms with van der Waals surface area (Å²) >= 11 is 0. The summed E-state index contributed by atoms with van der Waals surface area (Å²) in [6.07, 6.45) is -3.63. The monoisotopic (exact) mass is 402 g/mol. The molecule has 2 aromatic rings. The molecule has 5 nitrogen and oxygen atoms in total. The van der Waals surface area contributed by atoms with Gasteiger partial charge in [0, 0.05) is 7.11 Å². The van der Waals surface area contributed by atoms with Crippen molar-refractivity contribution in [1.29, 1.82) is 0 Å². The van der Waals surface area contributed by atoms with Crippen molar-refractivity contribution in [2.24, 2.45) is 0 Å². The number of methoxy groups -OCH3 is 1. The van der Waals surface area contributed by atoms with Crippen LogP contribution in [0.2, 0.25) is 5.04 Å². The lowest BCUT2D eigenvalue weighted by Crippen LogP contribution is -2.67. The largest absolute Gasteiger partial charge is 0.405 e. The summed E-state index contributed by atoms with van der Waals surface area (Å²) in [5.41, 5.74) is 0. The number of rotatable bonds is 6. The Morgan fingerprint density at radius 1 is 0.893 bits per heavy atom. The van der Waals surface area contributed by atoms with Crippen LogP contribution in [0.1, 0.15) is 20.8 Å². The van der Waals surface area contributed by atoms with Crippen LogP contribution in [0.25, 0.3) is 0 Å². The van der Waals surface area contributed by atoms with Gasteiger partial charge in [0.2, 0.25) is 0 Å². The summed E-state index contributed by atoms with van der Waals surface area (Å²) in [7, 11) is -1.26. The maximum atomic E-state index is 10.4. The van der Waals surface area contributed by atoms with Crippen molar-refractivity contribution < 1.29 is 24.1 Å². The lowest BCUT2D eigenvalue weighted by Gasteiger charge is -2.43. The van der Waals surface area contributed by atoms with E-state index in [9.17, 15) is 10.2 Å². The van der Waals surface area contributed by atoms with Gasteiger partial charge in [-0.2, -0.15) is 0 Å². The molecule has 0 aliphatic carbocycles. The van der Waals surface area contributed by atoms with E-state index in [0.717, 1.165) is 10.4 Å². The van der Waals surface area contributed by atoms with Crippen LogP contribution >= 0.6 is 0 Å². The summed E-state index contributed by atoms with van der Waals surface area (Å²) in [5, 5.41) is 22.6. The molecule has 0 spiro atoms. The topological polar surface area (TPSA) is 68.2 Å². The quantitative estimate of drug-likeness (QED) is 0.720. The van der Waals surface area contributed by atoms with Crippen LogP contribution in [-0.4, -0.2) is 56.8 Å². The third-order valence-corrected chi connectivity index (χ3v) is 10.4. The molecule has 1 fully saturated rings. The first-order chi connectivity index (χ1) is 13.3. The minimum absolute atomic E-state index is 0.168. The molecule has 1 unspecified atom stereocenters. The van der Waals surface area contributed by atoms with Gasteiger partial charge in [0.15, 0.2) is 6.29 Å². The highest BCUT2D eigenvalue weighted by Crippen LogP contribution is 2.37. The second-order valence-corrected chi connectivity index (χ2v) is 12.5. The molecule has 28 heavy (non-hydrogen) atoms. The summed E-state index contributed by atoms with van der Waals surface area (Å²) < 4.78 is 17.6. The van der Waals surface area contributed by atoms with Gasteiger partial charge in [-0.3, -0.25) is 0 Å². The van der Waals surface area contributed by atoms with Crippen molar-refractivity contribution in [2.45, 2.75) is 50.4 Å². The SMILES string of the molecule is CO[C@H]1O[C@H](CO[Si](c2ccccc2)(c2ccccc2)C(C)(C)C)C(O)[C@@H]1O. The molecule has 2 aromatic carbocycles. The van der Waals surface area contributed by atoms with Crippen LogP contribution in [0.3, 0.4) is 0 Å². The van der Waals surface area contributed by atoms with Gasteiger partial charge >= 0.3 is 0 Å². The van der Waals surface area contributed by atoms with E-state index in [2.05, 4.69) is 45.0 Å². The number of benzene rings is 2. The van der Waals surface area contributed by atoms with Crippen molar-refractivity contribution in [3.05, 3.63) is 60.7 Å². The van der Waals surface area contributed by atoms with Crippen LogP contribution in [0.4, 0.5) is 0 Å². The van der Waals surface area contributed by atoms with E-state index in [1.807, 2.05) is 36.4 Å². The van der Waals surface area contributed by atoms with E-state index in [1.54, 1.807) is 0 Å². The molecule has 1 aliphatic rings. The molecule has 0 aromatic heterocycles. The van der Waals surface area contributed by atoms with Crippen molar-refractivity contribution in [3.63, 3.8) is 0 Å². The number of aliphatic hydroxyl groups excluding tert-OH is 2. The Kier molecular flexibility index (Phi) is 6.39. The maximum Gasteiger partial charge on any atom is 0.261 e. The summed E-state index contributed by atoms with van der Waals surface area (Å²) in [5.74, 6) is 0. The third-order valence-electron chi connectivity index (χ3n) is 5.43. The lowest BCUT2D eigenvalue weighted by molar-refractivity contribution is -0.152. The Morgan fingerprint density at radius 2 is 1.39 bits per heavy atom. The Labute approximate surface area is 168 Å². The molecule has 3 rings (SSSR count). The second kappa shape index (κ2) is 8.45. The third kappa shape index (κ3) is 3.81. The molecule has 1 aliphatic heterocycles. The van der Waals surface area contributed by atoms with Crippen LogP contribution in [0.5, 0.6) is 0 Å². The fourth-order valence-electron chi connectivity index (χ4n) is 4.02. The van der Waals surface area contributed by atoms with Gasteiger partial charge in [0.05, 0.1) is 6.61 Å². The van der Waals surface area contributed by atoms with E-state index in [0.29, 0.717) is 0 Å². The average molecular weight is 403 g/mol. The van der Waals surface area contributed by atoms with Gasteiger partial charge in [-0.05, 0) is 15.4 Å². The van der Waals surface area contributed by atoms with E-state index >= 15 is 0 Å². The molecule has 0 bridgehead atoms. The number of aliphatic hydroxyl groups is 2. The van der Waals surface area contributed by atoms with Crippen molar-refractivity contribution >= 4 is 18.7 Å². The van der Waals surface area contributed by atoms with Gasteiger partial charge < -0.3 is 24.1 Å². The minimum atomic E-state index is -2.71. The first-order valence-corrected chi connectivity index (χ1v) is 11.5.